The monoisotopic (exact) mass is 437 g/mol. The number of carbonyl (C=O) groups excluding carboxylic acids is 1. The van der Waals surface area contributed by atoms with Crippen LogP contribution in [0.3, 0.4) is 0 Å². The van der Waals surface area contributed by atoms with Gasteiger partial charge in [0.05, 0.1) is 12.6 Å². The number of fused-ring (bicyclic) bond motifs is 1. The predicted molar refractivity (Wildman–Crippen MR) is 125 cm³/mol. The molecule has 1 aliphatic carbocycles. The van der Waals surface area contributed by atoms with Gasteiger partial charge in [0, 0.05) is 24.2 Å². The fourth-order valence-electron chi connectivity index (χ4n) is 3.92. The zero-order chi connectivity index (χ0) is 22.3. The van der Waals surface area contributed by atoms with Gasteiger partial charge in [-0.2, -0.15) is 4.98 Å². The number of aliphatic hydroxyl groups is 1. The summed E-state index contributed by atoms with van der Waals surface area (Å²) in [5, 5.41) is 20.4. The minimum absolute atomic E-state index is 0.165. The number of nitrogens with one attached hydrogen (secondary N) is 3. The number of hydrogen-bond donors (Lipinski definition) is 4. The van der Waals surface area contributed by atoms with Crippen molar-refractivity contribution < 1.29 is 14.3 Å². The van der Waals surface area contributed by atoms with Crippen LogP contribution in [0.1, 0.15) is 61.6 Å². The van der Waals surface area contributed by atoms with Crippen LogP contribution in [0.4, 0.5) is 11.8 Å². The Labute approximate surface area is 187 Å². The summed E-state index contributed by atoms with van der Waals surface area (Å²) in [6.07, 6.45) is 6.59. The van der Waals surface area contributed by atoms with Crippen molar-refractivity contribution in [2.45, 2.75) is 64.1 Å². The van der Waals surface area contributed by atoms with Crippen LogP contribution < -0.4 is 16.0 Å². The van der Waals surface area contributed by atoms with E-state index in [1.54, 1.807) is 6.20 Å². The topological polar surface area (TPSA) is 112 Å². The minimum Gasteiger partial charge on any atom is -0.459 e. The van der Waals surface area contributed by atoms with Gasteiger partial charge >= 0.3 is 0 Å². The van der Waals surface area contributed by atoms with Crippen molar-refractivity contribution in [3.05, 3.63) is 47.9 Å². The van der Waals surface area contributed by atoms with E-state index in [2.05, 4.69) is 32.8 Å². The average Bonchev–Trinajstić information content (AvgIpc) is 3.22. The van der Waals surface area contributed by atoms with Crippen LogP contribution in [0.25, 0.3) is 11.0 Å². The summed E-state index contributed by atoms with van der Waals surface area (Å²) in [6.45, 7) is 3.19. The van der Waals surface area contributed by atoms with Crippen molar-refractivity contribution in [1.29, 1.82) is 0 Å². The first-order chi connectivity index (χ1) is 15.6. The number of aromatic nitrogens is 2. The first kappa shape index (κ1) is 22.1. The second-order valence-electron chi connectivity index (χ2n) is 8.32. The number of hydrogen-bond acceptors (Lipinski definition) is 7. The van der Waals surface area contributed by atoms with E-state index in [0.717, 1.165) is 56.0 Å². The number of carbonyl (C=O) groups is 1. The number of amides is 1. The minimum atomic E-state index is -0.260. The smallest absolute Gasteiger partial charge is 0.256 e. The highest BCUT2D eigenvalue weighted by atomic mass is 16.3. The van der Waals surface area contributed by atoms with Crippen LogP contribution in [-0.2, 0) is 6.54 Å². The highest BCUT2D eigenvalue weighted by Crippen LogP contribution is 2.24. The average molecular weight is 438 g/mol. The molecule has 0 atom stereocenters. The van der Waals surface area contributed by atoms with Crippen LogP contribution in [0.2, 0.25) is 0 Å². The molecule has 0 spiro atoms. The number of aliphatic hydroxyl groups excluding tert-OH is 1. The molecule has 8 nitrogen and oxygen atoms in total. The molecule has 4 N–H and O–H groups in total. The van der Waals surface area contributed by atoms with Crippen LogP contribution in [-0.4, -0.2) is 39.7 Å². The summed E-state index contributed by atoms with van der Waals surface area (Å²) < 4.78 is 5.79. The fourth-order valence-corrected chi connectivity index (χ4v) is 3.92. The molecule has 2 aromatic heterocycles. The van der Waals surface area contributed by atoms with Gasteiger partial charge in [-0.15, -0.1) is 0 Å². The highest BCUT2D eigenvalue weighted by Gasteiger charge is 2.23. The fraction of sp³-hybridized carbons (Fsp3) is 0.458. The molecule has 1 saturated carbocycles. The number of rotatable bonds is 9. The number of nitrogens with zero attached hydrogens (tertiary/aromatic N) is 2. The molecule has 0 bridgehead atoms. The molecule has 1 fully saturated rings. The summed E-state index contributed by atoms with van der Waals surface area (Å²) in [6, 6.07) is 9.85. The summed E-state index contributed by atoms with van der Waals surface area (Å²) in [5.74, 6) is 1.45. The molecule has 1 amide bonds. The largest absolute Gasteiger partial charge is 0.459 e. The van der Waals surface area contributed by atoms with Gasteiger partial charge in [-0.05, 0) is 44.2 Å². The molecular weight excluding hydrogens is 406 g/mol. The van der Waals surface area contributed by atoms with E-state index in [9.17, 15) is 9.90 Å². The van der Waals surface area contributed by atoms with E-state index in [-0.39, 0.29) is 24.6 Å². The normalized spacial score (nSPS) is 18.4. The van der Waals surface area contributed by atoms with E-state index in [0.29, 0.717) is 23.1 Å². The Balaban J connectivity index is 1.47. The first-order valence-electron chi connectivity index (χ1n) is 11.4. The molecule has 3 aromatic rings. The van der Waals surface area contributed by atoms with Gasteiger partial charge in [0.25, 0.3) is 5.91 Å². The first-order valence-corrected chi connectivity index (χ1v) is 11.4. The molecule has 2 heterocycles. The second-order valence-corrected chi connectivity index (χ2v) is 8.32. The van der Waals surface area contributed by atoms with Gasteiger partial charge in [0.15, 0.2) is 0 Å². The van der Waals surface area contributed by atoms with E-state index in [4.69, 9.17) is 4.42 Å². The number of benzene rings is 1. The molecule has 170 valence electrons. The third kappa shape index (κ3) is 5.56. The lowest BCUT2D eigenvalue weighted by Gasteiger charge is -2.27. The molecule has 1 aliphatic rings. The quantitative estimate of drug-likeness (QED) is 0.373. The van der Waals surface area contributed by atoms with Gasteiger partial charge in [-0.3, -0.25) is 4.79 Å². The Morgan fingerprint density at radius 2 is 2.03 bits per heavy atom. The third-order valence-corrected chi connectivity index (χ3v) is 5.78. The number of para-hydroxylation sites is 1. The van der Waals surface area contributed by atoms with Crippen molar-refractivity contribution in [3.63, 3.8) is 0 Å². The summed E-state index contributed by atoms with van der Waals surface area (Å²) >= 11 is 0. The summed E-state index contributed by atoms with van der Waals surface area (Å²) in [5.41, 5.74) is 1.19. The lowest BCUT2D eigenvalue weighted by Crippen LogP contribution is -2.31. The molecule has 0 saturated heterocycles. The molecular formula is C24H31N5O3. The van der Waals surface area contributed by atoms with E-state index in [1.165, 1.54) is 0 Å². The van der Waals surface area contributed by atoms with E-state index >= 15 is 0 Å². The summed E-state index contributed by atoms with van der Waals surface area (Å²) in [4.78, 5) is 21.9. The Hall–Kier alpha value is -3.13. The number of furan rings is 1. The lowest BCUT2D eigenvalue weighted by atomic mass is 9.93. The second kappa shape index (κ2) is 10.5. The Bertz CT molecular complexity index is 1010. The van der Waals surface area contributed by atoms with Gasteiger partial charge in [0.1, 0.15) is 22.7 Å². The van der Waals surface area contributed by atoms with Crippen LogP contribution in [0.5, 0.6) is 0 Å². The van der Waals surface area contributed by atoms with Crippen LogP contribution >= 0.6 is 0 Å². The third-order valence-electron chi connectivity index (χ3n) is 5.78. The molecule has 0 radical (unpaired) electrons. The van der Waals surface area contributed by atoms with Gasteiger partial charge in [-0.1, -0.05) is 31.5 Å². The number of unbranched alkanes of at least 4 members (excludes halogenated alkanes) is 1. The van der Waals surface area contributed by atoms with Gasteiger partial charge in [0.2, 0.25) is 5.95 Å². The number of anilines is 2. The van der Waals surface area contributed by atoms with Gasteiger partial charge in [-0.25, -0.2) is 4.98 Å². The highest BCUT2D eigenvalue weighted by molar-refractivity contribution is 5.98. The van der Waals surface area contributed by atoms with Crippen LogP contribution in [0, 0.1) is 0 Å². The maximum absolute atomic E-state index is 13.0. The van der Waals surface area contributed by atoms with Crippen LogP contribution in [0.15, 0.2) is 40.9 Å². The molecule has 4 rings (SSSR count). The molecule has 8 heteroatoms. The van der Waals surface area contributed by atoms with E-state index in [1.807, 2.05) is 30.3 Å². The Kier molecular flexibility index (Phi) is 7.21. The predicted octanol–water partition coefficient (Wildman–Crippen LogP) is 4.08. The molecule has 1 aromatic carbocycles. The Morgan fingerprint density at radius 3 is 2.81 bits per heavy atom. The standard InChI is InChI=1S/C24H31N5O3/c1-2-3-12-25-24-27-15-20(22(29-24)28-17-8-10-18(30)11-9-17)23(31)26-14-19-13-16-6-4-5-7-21(16)32-19/h4-7,13,15,17-18,30H,2-3,8-12,14H2,1H3,(H,26,31)(H2,25,27,28,29). The van der Waals surface area contributed by atoms with Crippen molar-refractivity contribution >= 4 is 28.6 Å². The molecule has 0 unspecified atom stereocenters. The molecule has 32 heavy (non-hydrogen) atoms. The van der Waals surface area contributed by atoms with Crippen molar-refractivity contribution in [3.8, 4) is 0 Å². The maximum atomic E-state index is 13.0. The summed E-state index contributed by atoms with van der Waals surface area (Å²) in [7, 11) is 0. The van der Waals surface area contributed by atoms with Crippen molar-refractivity contribution in [2.24, 2.45) is 0 Å². The zero-order valence-corrected chi connectivity index (χ0v) is 18.4. The van der Waals surface area contributed by atoms with Crippen molar-refractivity contribution in [1.82, 2.24) is 15.3 Å². The van der Waals surface area contributed by atoms with Gasteiger partial charge < -0.3 is 25.5 Å². The van der Waals surface area contributed by atoms with Crippen molar-refractivity contribution in [2.75, 3.05) is 17.2 Å². The lowest BCUT2D eigenvalue weighted by molar-refractivity contribution is 0.0948. The zero-order valence-electron chi connectivity index (χ0n) is 18.4. The maximum Gasteiger partial charge on any atom is 0.256 e. The SMILES string of the molecule is CCCCNc1ncc(C(=O)NCc2cc3ccccc3o2)c(NC2CCC(O)CC2)n1. The molecule has 0 aliphatic heterocycles. The van der Waals surface area contributed by atoms with E-state index < -0.39 is 0 Å². The Morgan fingerprint density at radius 1 is 1.22 bits per heavy atom.